The lowest BCUT2D eigenvalue weighted by molar-refractivity contribution is -0.136. The van der Waals surface area contributed by atoms with Crippen molar-refractivity contribution in [2.24, 2.45) is 5.73 Å². The van der Waals surface area contributed by atoms with Crippen LogP contribution in [0.5, 0.6) is 0 Å². The summed E-state index contributed by atoms with van der Waals surface area (Å²) in [6, 6.07) is 0. The number of carbonyl (C=O) groups excluding carboxylic acids is 4. The van der Waals surface area contributed by atoms with Gasteiger partial charge in [0.1, 0.15) is 5.00 Å². The van der Waals surface area contributed by atoms with E-state index in [9.17, 15) is 19.2 Å². The van der Waals surface area contributed by atoms with Crippen molar-refractivity contribution in [3.63, 3.8) is 0 Å². The van der Waals surface area contributed by atoms with Gasteiger partial charge in [0.15, 0.2) is 0 Å². The highest BCUT2D eigenvalue weighted by atomic mass is 32.1. The average molecular weight is 396 g/mol. The Balaban J connectivity index is 1.99. The molecule has 0 atom stereocenters. The van der Waals surface area contributed by atoms with E-state index in [-0.39, 0.29) is 15.4 Å². The molecular formula is C17H24N4O5S. The predicted molar refractivity (Wildman–Crippen MR) is 101 cm³/mol. The predicted octanol–water partition coefficient (Wildman–Crippen LogP) is 0.483. The number of hydrogen-bond acceptors (Lipinski definition) is 7. The maximum absolute atomic E-state index is 12.1. The molecule has 0 bridgehead atoms. The molecule has 1 aromatic rings. The summed E-state index contributed by atoms with van der Waals surface area (Å²) in [5.41, 5.74) is 5.61. The van der Waals surface area contributed by atoms with Crippen LogP contribution in [0.4, 0.5) is 5.00 Å². The Hall–Kier alpha value is -2.46. The van der Waals surface area contributed by atoms with Crippen LogP contribution >= 0.6 is 11.3 Å². The van der Waals surface area contributed by atoms with E-state index in [1.165, 1.54) is 20.5 Å². The van der Waals surface area contributed by atoms with Crippen LogP contribution < -0.4 is 16.4 Å². The van der Waals surface area contributed by atoms with Gasteiger partial charge >= 0.3 is 17.8 Å². The Morgan fingerprint density at radius 2 is 1.81 bits per heavy atom. The molecule has 4 N–H and O–H groups in total. The van der Waals surface area contributed by atoms with Crippen molar-refractivity contribution in [1.82, 2.24) is 10.2 Å². The molecule has 0 radical (unpaired) electrons. The highest BCUT2D eigenvalue weighted by Crippen LogP contribution is 2.33. The molecule has 1 fully saturated rings. The highest BCUT2D eigenvalue weighted by molar-refractivity contribution is 7.18. The normalized spacial score (nSPS) is 14.4. The second-order valence-corrected chi connectivity index (χ2v) is 7.25. The van der Waals surface area contributed by atoms with E-state index in [2.05, 4.69) is 20.3 Å². The third-order valence-corrected chi connectivity index (χ3v) is 5.58. The fourth-order valence-corrected chi connectivity index (χ4v) is 3.98. The summed E-state index contributed by atoms with van der Waals surface area (Å²) in [6.45, 7) is 4.55. The van der Waals surface area contributed by atoms with Crippen LogP contribution in [-0.4, -0.2) is 61.9 Å². The molecular weight excluding hydrogens is 372 g/mol. The fraction of sp³-hybridized carbons (Fsp3) is 0.529. The molecule has 0 saturated carbocycles. The second-order valence-electron chi connectivity index (χ2n) is 6.23. The summed E-state index contributed by atoms with van der Waals surface area (Å²) >= 11 is 0.835. The zero-order chi connectivity index (χ0) is 20.0. The molecule has 2 heterocycles. The van der Waals surface area contributed by atoms with Crippen molar-refractivity contribution in [1.29, 1.82) is 0 Å². The fourth-order valence-electron chi connectivity index (χ4n) is 2.94. The van der Waals surface area contributed by atoms with Crippen molar-refractivity contribution < 1.29 is 23.9 Å². The molecule has 0 aromatic carbocycles. The number of nitrogens with one attached hydrogen (secondary N) is 2. The molecule has 1 aliphatic rings. The van der Waals surface area contributed by atoms with Gasteiger partial charge in [-0.1, -0.05) is 6.42 Å². The quantitative estimate of drug-likeness (QED) is 0.474. The van der Waals surface area contributed by atoms with E-state index in [0.717, 1.165) is 37.3 Å². The van der Waals surface area contributed by atoms with E-state index in [4.69, 9.17) is 5.73 Å². The van der Waals surface area contributed by atoms with Crippen LogP contribution in [0.2, 0.25) is 0 Å². The van der Waals surface area contributed by atoms with Crippen molar-refractivity contribution in [3.05, 3.63) is 16.0 Å². The van der Waals surface area contributed by atoms with Crippen LogP contribution in [0, 0.1) is 6.92 Å². The zero-order valence-electron chi connectivity index (χ0n) is 15.4. The molecule has 27 heavy (non-hydrogen) atoms. The largest absolute Gasteiger partial charge is 0.465 e. The van der Waals surface area contributed by atoms with Crippen LogP contribution in [0.1, 0.15) is 44.9 Å². The van der Waals surface area contributed by atoms with Crippen LogP contribution in [0.25, 0.3) is 0 Å². The number of rotatable bonds is 6. The number of hydrogen-bond donors (Lipinski definition) is 3. The Labute approximate surface area is 161 Å². The molecule has 1 aliphatic heterocycles. The minimum Gasteiger partial charge on any atom is -0.465 e. The number of nitrogens with two attached hydrogens (primary N) is 1. The molecule has 9 nitrogen and oxygen atoms in total. The Bertz CT molecular complexity index is 740. The first kappa shape index (κ1) is 20.8. The molecule has 1 saturated heterocycles. The lowest BCUT2D eigenvalue weighted by atomic mass is 10.1. The number of esters is 1. The van der Waals surface area contributed by atoms with Gasteiger partial charge < -0.3 is 26.0 Å². The second kappa shape index (κ2) is 9.47. The van der Waals surface area contributed by atoms with Crippen molar-refractivity contribution in [2.45, 2.75) is 26.2 Å². The molecule has 2 rings (SSSR count). The topological polar surface area (TPSA) is 131 Å². The van der Waals surface area contributed by atoms with Gasteiger partial charge in [0.25, 0.3) is 5.91 Å². The minimum atomic E-state index is -0.920. The minimum absolute atomic E-state index is 0.0192. The number of anilines is 1. The SMILES string of the molecule is COC(=O)c1c(NC(=O)C(=O)NCCN2CCCCC2)sc(C(N)=O)c1C. The van der Waals surface area contributed by atoms with Crippen molar-refractivity contribution >= 4 is 40.0 Å². The standard InChI is InChI=1S/C17H24N4O5S/c1-10-11(17(25)26-2)16(27-12(10)13(18)22)20-15(24)14(23)19-6-9-21-7-4-3-5-8-21/h3-9H2,1-2H3,(H2,18,22)(H,19,23)(H,20,24). The van der Waals surface area contributed by atoms with Gasteiger partial charge in [0.2, 0.25) is 0 Å². The monoisotopic (exact) mass is 396 g/mol. The number of piperidine rings is 1. The number of amides is 3. The molecule has 0 unspecified atom stereocenters. The number of thiophene rings is 1. The maximum atomic E-state index is 12.1. The number of likely N-dealkylation sites (tertiary alicyclic amines) is 1. The first-order valence-electron chi connectivity index (χ1n) is 8.68. The number of ether oxygens (including phenoxy) is 1. The van der Waals surface area contributed by atoms with Crippen molar-refractivity contribution in [2.75, 3.05) is 38.6 Å². The van der Waals surface area contributed by atoms with Gasteiger partial charge in [-0.3, -0.25) is 14.4 Å². The van der Waals surface area contributed by atoms with Gasteiger partial charge in [-0.25, -0.2) is 4.79 Å². The van der Waals surface area contributed by atoms with E-state index in [1.54, 1.807) is 0 Å². The van der Waals surface area contributed by atoms with Crippen LogP contribution in [0.3, 0.4) is 0 Å². The molecule has 3 amide bonds. The van der Waals surface area contributed by atoms with Gasteiger partial charge in [0.05, 0.1) is 17.6 Å². The summed E-state index contributed by atoms with van der Waals surface area (Å²) in [7, 11) is 1.18. The van der Waals surface area contributed by atoms with Gasteiger partial charge in [0, 0.05) is 13.1 Å². The highest BCUT2D eigenvalue weighted by Gasteiger charge is 2.26. The maximum Gasteiger partial charge on any atom is 0.341 e. The summed E-state index contributed by atoms with van der Waals surface area (Å²) in [5.74, 6) is -3.18. The summed E-state index contributed by atoms with van der Waals surface area (Å²) in [4.78, 5) is 50.0. The van der Waals surface area contributed by atoms with Crippen molar-refractivity contribution in [3.8, 4) is 0 Å². The number of carbonyl (C=O) groups is 4. The number of methoxy groups -OCH3 is 1. The number of primary amides is 1. The van der Waals surface area contributed by atoms with Gasteiger partial charge in [-0.2, -0.15) is 0 Å². The van der Waals surface area contributed by atoms with E-state index in [1.807, 2.05) is 0 Å². The van der Waals surface area contributed by atoms with Gasteiger partial charge in [-0.15, -0.1) is 11.3 Å². The van der Waals surface area contributed by atoms with Gasteiger partial charge in [-0.05, 0) is 38.4 Å². The van der Waals surface area contributed by atoms with Crippen LogP contribution in [-0.2, 0) is 14.3 Å². The average Bonchev–Trinajstić information content (AvgIpc) is 2.98. The van der Waals surface area contributed by atoms with E-state index < -0.39 is 23.7 Å². The molecule has 148 valence electrons. The molecule has 10 heteroatoms. The zero-order valence-corrected chi connectivity index (χ0v) is 16.2. The Morgan fingerprint density at radius 3 is 2.41 bits per heavy atom. The van der Waals surface area contributed by atoms with E-state index >= 15 is 0 Å². The number of nitrogens with zero attached hydrogens (tertiary/aromatic N) is 1. The lowest BCUT2D eigenvalue weighted by Gasteiger charge is -2.26. The first-order chi connectivity index (χ1) is 12.8. The van der Waals surface area contributed by atoms with Crippen LogP contribution in [0.15, 0.2) is 0 Å². The molecule has 0 spiro atoms. The molecule has 1 aromatic heterocycles. The lowest BCUT2D eigenvalue weighted by Crippen LogP contribution is -2.41. The Morgan fingerprint density at radius 1 is 1.15 bits per heavy atom. The summed E-state index contributed by atoms with van der Waals surface area (Å²) < 4.78 is 4.68. The third-order valence-electron chi connectivity index (χ3n) is 4.36. The summed E-state index contributed by atoms with van der Waals surface area (Å²) in [6.07, 6.45) is 3.51. The third kappa shape index (κ3) is 5.27. The molecule has 0 aliphatic carbocycles. The Kier molecular flexibility index (Phi) is 7.31. The smallest absolute Gasteiger partial charge is 0.341 e. The van der Waals surface area contributed by atoms with E-state index in [0.29, 0.717) is 18.7 Å². The summed E-state index contributed by atoms with van der Waals surface area (Å²) in [5, 5.41) is 5.00. The first-order valence-corrected chi connectivity index (χ1v) is 9.49.